The number of benzene rings is 10. The lowest BCUT2D eigenvalue weighted by atomic mass is 10.0. The van der Waals surface area contributed by atoms with Crippen LogP contribution in [0.4, 0.5) is 0 Å². The molecule has 318 valence electrons. The SMILES string of the molecule is c1ccc(-c2ccc(-c3nc(-c4cccc(-c5cccc(-n6c7ccccc7c7ccccc76)c5)c4)nc(-c4cccc(-c5cccc(-n6c7ccccc7c7ccccc76)c5)c4)n3)cc2)cc1. The molecule has 0 aliphatic carbocycles. The van der Waals surface area contributed by atoms with Crippen molar-refractivity contribution >= 4 is 43.6 Å². The molecule has 5 nitrogen and oxygen atoms in total. The summed E-state index contributed by atoms with van der Waals surface area (Å²) in [6.07, 6.45) is 0. The molecule has 3 heterocycles. The van der Waals surface area contributed by atoms with Gasteiger partial charge in [-0.3, -0.25) is 0 Å². The fourth-order valence-electron chi connectivity index (χ4n) is 9.93. The molecule has 5 heteroatoms. The third-order valence-electron chi connectivity index (χ3n) is 13.2. The predicted octanol–water partition coefficient (Wildman–Crippen LogP) is 16.1. The van der Waals surface area contributed by atoms with Crippen molar-refractivity contribution in [1.82, 2.24) is 24.1 Å². The second kappa shape index (κ2) is 16.4. The lowest BCUT2D eigenvalue weighted by Gasteiger charge is -2.13. The van der Waals surface area contributed by atoms with Crippen LogP contribution in [0.1, 0.15) is 0 Å². The molecule has 68 heavy (non-hydrogen) atoms. The van der Waals surface area contributed by atoms with Crippen molar-refractivity contribution in [2.75, 3.05) is 0 Å². The minimum Gasteiger partial charge on any atom is -0.309 e. The summed E-state index contributed by atoms with van der Waals surface area (Å²) < 4.78 is 4.72. The second-order valence-electron chi connectivity index (χ2n) is 17.3. The van der Waals surface area contributed by atoms with Gasteiger partial charge in [-0.1, -0.05) is 188 Å². The molecule has 0 aliphatic heterocycles. The third-order valence-corrected chi connectivity index (χ3v) is 13.2. The van der Waals surface area contributed by atoms with Crippen LogP contribution in [0.25, 0.3) is 123 Å². The molecule has 0 aliphatic rings. The molecule has 0 fully saturated rings. The summed E-state index contributed by atoms with van der Waals surface area (Å²) in [5.41, 5.74) is 16.3. The van der Waals surface area contributed by atoms with E-state index >= 15 is 0 Å². The van der Waals surface area contributed by atoms with E-state index in [1.807, 2.05) is 6.07 Å². The van der Waals surface area contributed by atoms with Gasteiger partial charge >= 0.3 is 0 Å². The fourth-order valence-corrected chi connectivity index (χ4v) is 9.93. The normalized spacial score (nSPS) is 11.5. The lowest BCUT2D eigenvalue weighted by Crippen LogP contribution is -2.00. The van der Waals surface area contributed by atoms with Crippen LogP contribution in [0.2, 0.25) is 0 Å². The Morgan fingerprint density at radius 2 is 0.500 bits per heavy atom. The molecule has 0 N–H and O–H groups in total. The highest BCUT2D eigenvalue weighted by molar-refractivity contribution is 6.10. The van der Waals surface area contributed by atoms with E-state index in [0.717, 1.165) is 61.4 Å². The van der Waals surface area contributed by atoms with Gasteiger partial charge in [0.25, 0.3) is 0 Å². The molecule has 0 unspecified atom stereocenters. The lowest BCUT2D eigenvalue weighted by molar-refractivity contribution is 1.07. The second-order valence-corrected chi connectivity index (χ2v) is 17.3. The van der Waals surface area contributed by atoms with Gasteiger partial charge in [0.05, 0.1) is 22.1 Å². The van der Waals surface area contributed by atoms with Gasteiger partial charge in [-0.25, -0.2) is 15.0 Å². The first-order valence-corrected chi connectivity index (χ1v) is 23.0. The molecule has 13 aromatic rings. The van der Waals surface area contributed by atoms with Crippen LogP contribution in [0.3, 0.4) is 0 Å². The zero-order valence-corrected chi connectivity index (χ0v) is 36.9. The van der Waals surface area contributed by atoms with Crippen molar-refractivity contribution in [2.24, 2.45) is 0 Å². The van der Waals surface area contributed by atoms with Gasteiger partial charge in [-0.05, 0) is 94.0 Å². The standard InChI is InChI=1S/C63H41N5/c1-2-16-42(17-3-1)43-34-36-44(37-35-43)61-64-62(49-22-12-18-45(38-49)47-20-14-24-51(40-47)67-57-30-8-4-26-53(57)54-27-5-9-31-58(54)67)66-63(65-61)50-23-13-19-46(39-50)48-21-15-25-52(41-48)68-59-32-10-6-28-55(59)56-29-7-11-33-60(56)68/h1-41H. The first-order valence-electron chi connectivity index (χ1n) is 23.0. The molecule has 13 rings (SSSR count). The summed E-state index contributed by atoms with van der Waals surface area (Å²) in [7, 11) is 0. The molecule has 0 saturated heterocycles. The fraction of sp³-hybridized carbons (Fsp3) is 0. The van der Waals surface area contributed by atoms with Crippen LogP contribution in [0.15, 0.2) is 249 Å². The summed E-state index contributed by atoms with van der Waals surface area (Å²) >= 11 is 0. The smallest absolute Gasteiger partial charge is 0.164 e. The third kappa shape index (κ3) is 6.84. The Morgan fingerprint density at radius 3 is 0.926 bits per heavy atom. The van der Waals surface area contributed by atoms with Crippen LogP contribution in [0.5, 0.6) is 0 Å². The Bertz CT molecular complexity index is 3710. The molecular formula is C63H41N5. The van der Waals surface area contributed by atoms with Crippen molar-refractivity contribution in [1.29, 1.82) is 0 Å². The van der Waals surface area contributed by atoms with E-state index in [9.17, 15) is 0 Å². The van der Waals surface area contributed by atoms with Crippen molar-refractivity contribution in [3.8, 4) is 78.9 Å². The van der Waals surface area contributed by atoms with Crippen molar-refractivity contribution in [3.05, 3.63) is 249 Å². The highest BCUT2D eigenvalue weighted by Crippen LogP contribution is 2.37. The number of fused-ring (bicyclic) bond motifs is 6. The van der Waals surface area contributed by atoms with E-state index in [-0.39, 0.29) is 0 Å². The molecule has 0 radical (unpaired) electrons. The average molecular weight is 868 g/mol. The number of nitrogens with zero attached hydrogens (tertiary/aromatic N) is 5. The summed E-state index contributed by atoms with van der Waals surface area (Å²) in [4.78, 5) is 15.7. The topological polar surface area (TPSA) is 48.5 Å². The Labute approximate surface area is 393 Å². The molecule has 0 atom stereocenters. The molecule has 0 saturated carbocycles. The number of rotatable bonds is 8. The molecule has 10 aromatic carbocycles. The molecule has 0 amide bonds. The minimum atomic E-state index is 0.608. The maximum absolute atomic E-state index is 5.26. The maximum Gasteiger partial charge on any atom is 0.164 e. The van der Waals surface area contributed by atoms with Gasteiger partial charge in [-0.15, -0.1) is 0 Å². The van der Waals surface area contributed by atoms with E-state index < -0.39 is 0 Å². The van der Waals surface area contributed by atoms with Gasteiger partial charge < -0.3 is 9.13 Å². The van der Waals surface area contributed by atoms with Crippen LogP contribution in [-0.2, 0) is 0 Å². The highest BCUT2D eigenvalue weighted by Gasteiger charge is 2.17. The number of hydrogen-bond donors (Lipinski definition) is 0. The highest BCUT2D eigenvalue weighted by atomic mass is 15.0. The van der Waals surface area contributed by atoms with E-state index in [1.54, 1.807) is 0 Å². The Balaban J connectivity index is 0.912. The van der Waals surface area contributed by atoms with E-state index in [1.165, 1.54) is 43.6 Å². The van der Waals surface area contributed by atoms with Crippen molar-refractivity contribution in [2.45, 2.75) is 0 Å². The summed E-state index contributed by atoms with van der Waals surface area (Å²) in [5.74, 6) is 1.83. The van der Waals surface area contributed by atoms with Crippen molar-refractivity contribution in [3.63, 3.8) is 0 Å². The Kier molecular flexibility index (Phi) is 9.43. The minimum absolute atomic E-state index is 0.608. The summed E-state index contributed by atoms with van der Waals surface area (Å²) in [6.45, 7) is 0. The number of para-hydroxylation sites is 4. The molecule has 3 aromatic heterocycles. The van der Waals surface area contributed by atoms with E-state index in [4.69, 9.17) is 15.0 Å². The quantitative estimate of drug-likeness (QED) is 0.153. The van der Waals surface area contributed by atoms with Crippen LogP contribution < -0.4 is 0 Å². The van der Waals surface area contributed by atoms with Gasteiger partial charge in [0, 0.05) is 49.6 Å². The van der Waals surface area contributed by atoms with Gasteiger partial charge in [0.15, 0.2) is 17.5 Å². The maximum atomic E-state index is 5.26. The summed E-state index contributed by atoms with van der Waals surface area (Å²) in [6, 6.07) is 88.2. The number of aromatic nitrogens is 5. The van der Waals surface area contributed by atoms with Crippen LogP contribution in [-0.4, -0.2) is 24.1 Å². The Hall–Kier alpha value is -9.19. The Morgan fingerprint density at radius 1 is 0.206 bits per heavy atom. The van der Waals surface area contributed by atoms with Crippen molar-refractivity contribution < 1.29 is 0 Å². The van der Waals surface area contributed by atoms with E-state index in [2.05, 4.69) is 252 Å². The molecule has 0 spiro atoms. The predicted molar refractivity (Wildman–Crippen MR) is 281 cm³/mol. The average Bonchev–Trinajstić information content (AvgIpc) is 3.94. The zero-order chi connectivity index (χ0) is 45.0. The van der Waals surface area contributed by atoms with Gasteiger partial charge in [0.1, 0.15) is 0 Å². The summed E-state index contributed by atoms with van der Waals surface area (Å²) in [5, 5.41) is 4.96. The monoisotopic (exact) mass is 867 g/mol. The number of hydrogen-bond acceptors (Lipinski definition) is 3. The van der Waals surface area contributed by atoms with Crippen LogP contribution in [0, 0.1) is 0 Å². The first kappa shape index (κ1) is 39.2. The van der Waals surface area contributed by atoms with Gasteiger partial charge in [-0.2, -0.15) is 0 Å². The molecule has 0 bridgehead atoms. The molecular weight excluding hydrogens is 827 g/mol. The van der Waals surface area contributed by atoms with Gasteiger partial charge in [0.2, 0.25) is 0 Å². The zero-order valence-electron chi connectivity index (χ0n) is 36.9. The largest absolute Gasteiger partial charge is 0.309 e. The van der Waals surface area contributed by atoms with Crippen LogP contribution >= 0.6 is 0 Å². The van der Waals surface area contributed by atoms with E-state index in [0.29, 0.717) is 17.5 Å². The first-order chi connectivity index (χ1) is 33.7.